The molecule has 0 radical (unpaired) electrons. The molecular weight excluding hydrogens is 374 g/mol. The summed E-state index contributed by atoms with van der Waals surface area (Å²) in [7, 11) is -3.22. The summed E-state index contributed by atoms with van der Waals surface area (Å²) in [4.78, 5) is 4.40. The molecule has 0 amide bonds. The van der Waals surface area contributed by atoms with Crippen LogP contribution in [0.5, 0.6) is 0 Å². The van der Waals surface area contributed by atoms with Crippen molar-refractivity contribution >= 4 is 27.7 Å². The van der Waals surface area contributed by atoms with E-state index >= 15 is 0 Å². The zero-order valence-electron chi connectivity index (χ0n) is 15.5. The maximum Gasteiger partial charge on any atom is 0.215 e. The molecule has 148 valence electrons. The summed E-state index contributed by atoms with van der Waals surface area (Å²) in [6.45, 7) is 7.58. The lowest BCUT2D eigenvalue weighted by atomic mass is 10.4. The highest BCUT2D eigenvalue weighted by molar-refractivity contribution is 7.99. The lowest BCUT2D eigenvalue weighted by Crippen LogP contribution is -2.41. The van der Waals surface area contributed by atoms with Gasteiger partial charge in [0.2, 0.25) is 10.0 Å². The summed E-state index contributed by atoms with van der Waals surface area (Å²) >= 11 is 1.80. The first-order chi connectivity index (χ1) is 12.6. The molecule has 0 aromatic carbocycles. The molecule has 1 aromatic heterocycles. The van der Waals surface area contributed by atoms with E-state index in [1.165, 1.54) is 0 Å². The Morgan fingerprint density at radius 3 is 2.77 bits per heavy atom. The van der Waals surface area contributed by atoms with Crippen LogP contribution in [0, 0.1) is 0 Å². The molecule has 1 fully saturated rings. The van der Waals surface area contributed by atoms with Gasteiger partial charge in [0.1, 0.15) is 12.2 Å². The molecule has 11 heteroatoms. The van der Waals surface area contributed by atoms with E-state index in [0.717, 1.165) is 36.8 Å². The number of aryl methyl sites for hydroxylation is 1. The Kier molecular flexibility index (Phi) is 8.66. The molecule has 0 atom stereocenters. The number of aliphatic imine (C=N–C) groups is 1. The Morgan fingerprint density at radius 2 is 2.08 bits per heavy atom. The molecule has 26 heavy (non-hydrogen) atoms. The first-order valence-electron chi connectivity index (χ1n) is 9.01. The smallest absolute Gasteiger partial charge is 0.215 e. The molecule has 0 spiro atoms. The Bertz CT molecular complexity index is 669. The predicted octanol–water partition coefficient (Wildman–Crippen LogP) is -0.226. The summed E-state index contributed by atoms with van der Waals surface area (Å²) in [5.41, 5.74) is 0. The molecule has 1 aliphatic rings. The van der Waals surface area contributed by atoms with Crippen LogP contribution in [0.1, 0.15) is 19.7 Å². The summed E-state index contributed by atoms with van der Waals surface area (Å²) in [5.74, 6) is 3.35. The lowest BCUT2D eigenvalue weighted by molar-refractivity contribution is 0.444. The molecule has 2 heterocycles. The third kappa shape index (κ3) is 6.44. The van der Waals surface area contributed by atoms with Gasteiger partial charge >= 0.3 is 0 Å². The summed E-state index contributed by atoms with van der Waals surface area (Å²) in [6.07, 6.45) is 2.55. The van der Waals surface area contributed by atoms with Crippen molar-refractivity contribution in [2.45, 2.75) is 26.8 Å². The molecule has 0 saturated carbocycles. The number of aromatic nitrogens is 3. The molecular formula is C15H29N7O2S2. The lowest BCUT2D eigenvalue weighted by Gasteiger charge is -2.25. The number of guanidine groups is 1. The standard InChI is InChI=1S/C15H29N7O2S2/c1-3-14-20-19-13-21(14)7-5-17-15(16-4-2)18-6-12-26(23,24)22-8-10-25-11-9-22/h13H,3-12H2,1-2H3,(H2,16,17,18). The maximum absolute atomic E-state index is 12.4. The molecule has 1 aliphatic heterocycles. The van der Waals surface area contributed by atoms with Crippen LogP contribution in [0.15, 0.2) is 11.3 Å². The fourth-order valence-electron chi connectivity index (χ4n) is 2.60. The van der Waals surface area contributed by atoms with E-state index in [1.807, 2.05) is 18.4 Å². The first kappa shape index (κ1) is 21.0. The van der Waals surface area contributed by atoms with Crippen LogP contribution in [0.25, 0.3) is 0 Å². The van der Waals surface area contributed by atoms with Crippen molar-refractivity contribution in [3.8, 4) is 0 Å². The summed E-state index contributed by atoms with van der Waals surface area (Å²) in [5, 5.41) is 14.3. The van der Waals surface area contributed by atoms with Crippen LogP contribution in [0.3, 0.4) is 0 Å². The van der Waals surface area contributed by atoms with Gasteiger partial charge in [-0.05, 0) is 6.92 Å². The number of thioether (sulfide) groups is 1. The van der Waals surface area contributed by atoms with Gasteiger partial charge in [-0.15, -0.1) is 10.2 Å². The van der Waals surface area contributed by atoms with Gasteiger partial charge in [0, 0.05) is 50.7 Å². The molecule has 9 nitrogen and oxygen atoms in total. The number of hydrogen-bond acceptors (Lipinski definition) is 6. The second-order valence-corrected chi connectivity index (χ2v) is 9.12. The largest absolute Gasteiger partial charge is 0.357 e. The predicted molar refractivity (Wildman–Crippen MR) is 106 cm³/mol. The minimum atomic E-state index is -3.22. The van der Waals surface area contributed by atoms with Gasteiger partial charge in [-0.25, -0.2) is 12.7 Å². The van der Waals surface area contributed by atoms with E-state index in [0.29, 0.717) is 25.6 Å². The fourth-order valence-corrected chi connectivity index (χ4v) is 5.06. The van der Waals surface area contributed by atoms with E-state index < -0.39 is 10.0 Å². The highest BCUT2D eigenvalue weighted by atomic mass is 32.2. The topological polar surface area (TPSA) is 105 Å². The van der Waals surface area contributed by atoms with Gasteiger partial charge in [0.25, 0.3) is 0 Å². The average molecular weight is 404 g/mol. The number of nitrogens with one attached hydrogen (secondary N) is 2. The van der Waals surface area contributed by atoms with Crippen LogP contribution < -0.4 is 10.6 Å². The van der Waals surface area contributed by atoms with Gasteiger partial charge in [-0.1, -0.05) is 6.92 Å². The number of hydrogen-bond donors (Lipinski definition) is 2. The minimum absolute atomic E-state index is 0.0413. The Morgan fingerprint density at radius 1 is 1.31 bits per heavy atom. The van der Waals surface area contributed by atoms with E-state index in [4.69, 9.17) is 0 Å². The van der Waals surface area contributed by atoms with E-state index in [1.54, 1.807) is 22.4 Å². The highest BCUT2D eigenvalue weighted by Gasteiger charge is 2.23. The number of nitrogens with zero attached hydrogens (tertiary/aromatic N) is 5. The Labute approximate surface area is 160 Å². The van der Waals surface area contributed by atoms with Crippen molar-refractivity contribution in [3.05, 3.63) is 12.2 Å². The molecule has 0 aliphatic carbocycles. The average Bonchev–Trinajstić information content (AvgIpc) is 3.10. The number of sulfonamides is 1. The van der Waals surface area contributed by atoms with Gasteiger partial charge in [0.15, 0.2) is 5.96 Å². The van der Waals surface area contributed by atoms with Crippen molar-refractivity contribution in [3.63, 3.8) is 0 Å². The Hall–Kier alpha value is -1.33. The van der Waals surface area contributed by atoms with Gasteiger partial charge < -0.3 is 15.2 Å². The highest BCUT2D eigenvalue weighted by Crippen LogP contribution is 2.13. The molecule has 1 aromatic rings. The van der Waals surface area contributed by atoms with Crippen molar-refractivity contribution in [2.24, 2.45) is 4.99 Å². The van der Waals surface area contributed by atoms with E-state index in [-0.39, 0.29) is 12.3 Å². The quantitative estimate of drug-likeness (QED) is 0.434. The van der Waals surface area contributed by atoms with Crippen molar-refractivity contribution < 1.29 is 8.42 Å². The molecule has 2 N–H and O–H groups in total. The number of rotatable bonds is 9. The van der Waals surface area contributed by atoms with Crippen LogP contribution in [-0.4, -0.2) is 83.4 Å². The molecule has 0 bridgehead atoms. The second kappa shape index (κ2) is 10.7. The van der Waals surface area contributed by atoms with Crippen LogP contribution in [0.2, 0.25) is 0 Å². The Balaban J connectivity index is 1.81. The maximum atomic E-state index is 12.4. The van der Waals surface area contributed by atoms with E-state index in [2.05, 4.69) is 25.8 Å². The molecule has 1 saturated heterocycles. The third-order valence-electron chi connectivity index (χ3n) is 3.98. The van der Waals surface area contributed by atoms with Gasteiger partial charge in [0.05, 0.1) is 12.3 Å². The zero-order chi connectivity index (χ0) is 18.8. The van der Waals surface area contributed by atoms with Crippen molar-refractivity contribution in [1.82, 2.24) is 29.7 Å². The van der Waals surface area contributed by atoms with E-state index in [9.17, 15) is 8.42 Å². The van der Waals surface area contributed by atoms with Gasteiger partial charge in [-0.2, -0.15) is 11.8 Å². The van der Waals surface area contributed by atoms with Crippen LogP contribution in [-0.2, 0) is 23.0 Å². The second-order valence-electron chi connectivity index (χ2n) is 5.81. The third-order valence-corrected chi connectivity index (χ3v) is 6.78. The molecule has 2 rings (SSSR count). The van der Waals surface area contributed by atoms with Crippen molar-refractivity contribution in [2.75, 3.05) is 50.0 Å². The van der Waals surface area contributed by atoms with Crippen LogP contribution in [0.4, 0.5) is 0 Å². The molecule has 0 unspecified atom stereocenters. The summed E-state index contributed by atoms with van der Waals surface area (Å²) in [6, 6.07) is 0. The normalized spacial score (nSPS) is 16.6. The SMILES string of the molecule is CCNC(=NCCS(=O)(=O)N1CCSCC1)NCCn1cnnc1CC. The fraction of sp³-hybridized carbons (Fsp3) is 0.800. The van der Waals surface area contributed by atoms with Gasteiger partial charge in [-0.3, -0.25) is 4.99 Å². The zero-order valence-corrected chi connectivity index (χ0v) is 17.2. The summed E-state index contributed by atoms with van der Waals surface area (Å²) < 4.78 is 28.3. The monoisotopic (exact) mass is 403 g/mol. The minimum Gasteiger partial charge on any atom is -0.357 e. The van der Waals surface area contributed by atoms with Crippen LogP contribution >= 0.6 is 11.8 Å². The van der Waals surface area contributed by atoms with Crippen molar-refractivity contribution in [1.29, 1.82) is 0 Å². The first-order valence-corrected chi connectivity index (χ1v) is 11.8.